The molecule has 0 aliphatic heterocycles. The fourth-order valence-corrected chi connectivity index (χ4v) is 8.15. The number of primary amides is 1. The molecule has 0 spiro atoms. The van der Waals surface area contributed by atoms with Gasteiger partial charge < -0.3 is 40.7 Å². The highest BCUT2D eigenvalue weighted by molar-refractivity contribution is 7.67. The monoisotopic (exact) mass is 637 g/mol. The van der Waals surface area contributed by atoms with Gasteiger partial charge in [-0.15, -0.1) is 0 Å². The molecule has 2 aromatic carbocycles. The summed E-state index contributed by atoms with van der Waals surface area (Å²) in [6.07, 6.45) is 8.92. The Morgan fingerprint density at radius 1 is 0.953 bits per heavy atom. The summed E-state index contributed by atoms with van der Waals surface area (Å²) in [7, 11) is -8.39. The van der Waals surface area contributed by atoms with Gasteiger partial charge in [0.05, 0.1) is 34.9 Å². The van der Waals surface area contributed by atoms with Crippen molar-refractivity contribution in [3.8, 4) is 5.75 Å². The summed E-state index contributed by atoms with van der Waals surface area (Å²) >= 11 is 0. The number of likely N-dealkylation sites (N-methyl/N-ethyl adjacent to an activating group) is 1. The minimum absolute atomic E-state index is 0.00315. The van der Waals surface area contributed by atoms with Gasteiger partial charge in [-0.2, -0.15) is 0 Å². The zero-order valence-corrected chi connectivity index (χ0v) is 26.0. The lowest BCUT2D eigenvalue weighted by Crippen LogP contribution is -2.45. The lowest BCUT2D eigenvalue weighted by atomic mass is 9.90. The number of aryl methyl sites for hydroxylation is 1. The molecule has 14 heteroatoms. The van der Waals surface area contributed by atoms with E-state index in [-0.39, 0.29) is 17.9 Å². The molecule has 2 unspecified atom stereocenters. The maximum atomic E-state index is 13.5. The van der Waals surface area contributed by atoms with Crippen LogP contribution in [0.1, 0.15) is 84.5 Å². The van der Waals surface area contributed by atoms with Gasteiger partial charge in [-0.3, -0.25) is 18.7 Å². The van der Waals surface area contributed by atoms with E-state index in [0.29, 0.717) is 30.3 Å². The van der Waals surface area contributed by atoms with Gasteiger partial charge in [0.25, 0.3) is 5.91 Å². The number of nitrogens with one attached hydrogen (secondary N) is 2. The third-order valence-electron chi connectivity index (χ3n) is 8.36. The Bertz CT molecular complexity index is 1430. The summed E-state index contributed by atoms with van der Waals surface area (Å²) in [4.78, 5) is 64.4. The highest BCUT2D eigenvalue weighted by Gasteiger charge is 2.32. The summed E-state index contributed by atoms with van der Waals surface area (Å²) in [6, 6.07) is 5.72. The van der Waals surface area contributed by atoms with E-state index < -0.39 is 43.8 Å². The SMILES string of the molecule is CNC(Cc1ccc(P(=O)(O)O)c(P(=O)(O)O)c1)C(=O)NC1CCCCc2cc(OCC3CCCCC3)c(C(N)=O)cc21. The second-order valence-corrected chi connectivity index (χ2v) is 14.6. The second-order valence-electron chi connectivity index (χ2n) is 11.5. The molecule has 4 rings (SSSR count). The lowest BCUT2D eigenvalue weighted by Gasteiger charge is -2.25. The number of fused-ring (bicyclic) bond motifs is 1. The van der Waals surface area contributed by atoms with Crippen molar-refractivity contribution in [2.75, 3.05) is 13.7 Å². The van der Waals surface area contributed by atoms with Crippen molar-refractivity contribution in [1.29, 1.82) is 0 Å². The van der Waals surface area contributed by atoms with Crippen LogP contribution in [0.25, 0.3) is 0 Å². The van der Waals surface area contributed by atoms with E-state index in [2.05, 4.69) is 10.6 Å². The van der Waals surface area contributed by atoms with E-state index in [1.54, 1.807) is 13.1 Å². The molecule has 2 atom stereocenters. The molecule has 0 aromatic heterocycles. The van der Waals surface area contributed by atoms with E-state index in [4.69, 9.17) is 10.5 Å². The molecule has 1 fully saturated rings. The molecule has 2 aliphatic rings. The Balaban J connectivity index is 1.55. The third kappa shape index (κ3) is 8.54. The lowest BCUT2D eigenvalue weighted by molar-refractivity contribution is -0.123. The Kier molecular flexibility index (Phi) is 10.9. The molecular weight excluding hydrogens is 596 g/mol. The predicted octanol–water partition coefficient (Wildman–Crippen LogP) is 2.06. The van der Waals surface area contributed by atoms with Crippen LogP contribution in [0.2, 0.25) is 0 Å². The fourth-order valence-electron chi connectivity index (χ4n) is 6.03. The first kappa shape index (κ1) is 33.3. The van der Waals surface area contributed by atoms with E-state index >= 15 is 0 Å². The van der Waals surface area contributed by atoms with Gasteiger partial charge in [-0.1, -0.05) is 31.7 Å². The third-order valence-corrected chi connectivity index (χ3v) is 10.6. The van der Waals surface area contributed by atoms with Crippen molar-refractivity contribution < 1.29 is 43.0 Å². The van der Waals surface area contributed by atoms with Gasteiger partial charge in [0.2, 0.25) is 5.91 Å². The smallest absolute Gasteiger partial charge is 0.357 e. The zero-order chi connectivity index (χ0) is 31.4. The summed E-state index contributed by atoms with van der Waals surface area (Å²) in [6.45, 7) is 0.530. The van der Waals surface area contributed by atoms with Crippen molar-refractivity contribution >= 4 is 37.6 Å². The summed E-state index contributed by atoms with van der Waals surface area (Å²) < 4.78 is 29.9. The van der Waals surface area contributed by atoms with Crippen molar-refractivity contribution in [2.45, 2.75) is 76.3 Å². The number of nitrogens with two attached hydrogens (primary N) is 1. The van der Waals surface area contributed by atoms with Gasteiger partial charge in [0, 0.05) is 0 Å². The fraction of sp³-hybridized carbons (Fsp3) is 0.517. The Hall–Kier alpha value is -2.56. The minimum atomic E-state index is -5.02. The van der Waals surface area contributed by atoms with Gasteiger partial charge in [0.1, 0.15) is 5.75 Å². The van der Waals surface area contributed by atoms with Crippen LogP contribution in [-0.4, -0.2) is 51.1 Å². The van der Waals surface area contributed by atoms with Crippen LogP contribution in [0.4, 0.5) is 0 Å². The predicted molar refractivity (Wildman–Crippen MR) is 162 cm³/mol. The maximum absolute atomic E-state index is 13.5. The topological polar surface area (TPSA) is 209 Å². The Morgan fingerprint density at radius 3 is 2.26 bits per heavy atom. The molecule has 2 aromatic rings. The normalized spacial score (nSPS) is 18.8. The number of amides is 2. The number of ether oxygens (including phenoxy) is 1. The molecule has 0 heterocycles. The first-order valence-electron chi connectivity index (χ1n) is 14.6. The summed E-state index contributed by atoms with van der Waals surface area (Å²) in [5, 5.41) is 4.46. The van der Waals surface area contributed by atoms with Crippen LogP contribution in [0.15, 0.2) is 30.3 Å². The molecule has 43 heavy (non-hydrogen) atoms. The van der Waals surface area contributed by atoms with E-state index in [0.717, 1.165) is 55.4 Å². The quantitative estimate of drug-likeness (QED) is 0.141. The molecule has 0 radical (unpaired) electrons. The number of carbonyl (C=O) groups excluding carboxylic acids is 2. The van der Waals surface area contributed by atoms with E-state index in [1.165, 1.54) is 25.3 Å². The summed E-state index contributed by atoms with van der Waals surface area (Å²) in [5.41, 5.74) is 8.12. The largest absolute Gasteiger partial charge is 0.492 e. The molecule has 236 valence electrons. The van der Waals surface area contributed by atoms with E-state index in [9.17, 15) is 38.3 Å². The Labute approximate surface area is 251 Å². The van der Waals surface area contributed by atoms with Crippen LogP contribution >= 0.6 is 15.2 Å². The number of hydrogen-bond acceptors (Lipinski definition) is 6. The number of carbonyl (C=O) groups is 2. The highest BCUT2D eigenvalue weighted by atomic mass is 31.2. The van der Waals surface area contributed by atoms with Crippen LogP contribution in [0, 0.1) is 5.92 Å². The van der Waals surface area contributed by atoms with Crippen molar-refractivity contribution in [3.05, 3.63) is 52.6 Å². The van der Waals surface area contributed by atoms with E-state index in [1.807, 2.05) is 6.07 Å². The van der Waals surface area contributed by atoms with Crippen LogP contribution < -0.4 is 31.7 Å². The van der Waals surface area contributed by atoms with Crippen LogP contribution in [0.3, 0.4) is 0 Å². The first-order chi connectivity index (χ1) is 20.3. The van der Waals surface area contributed by atoms with Gasteiger partial charge in [-0.25, -0.2) is 0 Å². The maximum Gasteiger partial charge on any atom is 0.357 e. The van der Waals surface area contributed by atoms with Gasteiger partial charge in [0.15, 0.2) is 0 Å². The number of rotatable bonds is 11. The molecule has 12 nitrogen and oxygen atoms in total. The summed E-state index contributed by atoms with van der Waals surface area (Å²) in [5.74, 6) is -0.0695. The zero-order valence-electron chi connectivity index (χ0n) is 24.2. The second kappa shape index (κ2) is 14.0. The standard InChI is InChI=1S/C29H41N3O9P2/c1-31-24(13-19-11-12-26(42(35,36)37)27(14-19)43(38,39)40)29(34)32-23-10-6-5-9-20-15-25(22(28(30)33)16-21(20)23)41-17-18-7-3-2-4-8-18/h11-12,14-16,18,23-24,31H,2-10,13,17H2,1H3,(H2,30,33)(H,32,34)(H2,35,36,37)(H2,38,39,40). The molecule has 2 amide bonds. The molecule has 1 saturated carbocycles. The van der Waals surface area contributed by atoms with Crippen LogP contribution in [-0.2, 0) is 26.8 Å². The minimum Gasteiger partial charge on any atom is -0.492 e. The van der Waals surface area contributed by atoms with Crippen molar-refractivity contribution in [3.63, 3.8) is 0 Å². The number of hydrogen-bond donors (Lipinski definition) is 7. The number of benzene rings is 2. The first-order valence-corrected chi connectivity index (χ1v) is 17.8. The molecule has 2 aliphatic carbocycles. The molecule has 8 N–H and O–H groups in total. The average Bonchev–Trinajstić information content (AvgIpc) is 3.15. The van der Waals surface area contributed by atoms with Crippen molar-refractivity contribution in [2.24, 2.45) is 11.7 Å². The van der Waals surface area contributed by atoms with Gasteiger partial charge >= 0.3 is 15.2 Å². The molecule has 0 saturated heterocycles. The average molecular weight is 638 g/mol. The highest BCUT2D eigenvalue weighted by Crippen LogP contribution is 2.40. The van der Waals surface area contributed by atoms with Crippen molar-refractivity contribution in [1.82, 2.24) is 10.6 Å². The molecule has 0 bridgehead atoms. The molecular formula is C29H41N3O9P2. The Morgan fingerprint density at radius 2 is 1.63 bits per heavy atom. The van der Waals surface area contributed by atoms with Gasteiger partial charge in [-0.05, 0) is 92.4 Å². The van der Waals surface area contributed by atoms with Crippen LogP contribution in [0.5, 0.6) is 5.75 Å².